The second-order valence-electron chi connectivity index (χ2n) is 7.77. The van der Waals surface area contributed by atoms with E-state index >= 15 is 0 Å². The molecule has 1 saturated heterocycles. The van der Waals surface area contributed by atoms with E-state index in [1.165, 1.54) is 4.90 Å². The number of esters is 1. The lowest BCUT2D eigenvalue weighted by atomic mass is 10.1. The van der Waals surface area contributed by atoms with Crippen molar-refractivity contribution in [2.45, 2.75) is 38.8 Å². The summed E-state index contributed by atoms with van der Waals surface area (Å²) in [4.78, 5) is 39.8. The van der Waals surface area contributed by atoms with Crippen LogP contribution in [0, 0.1) is 0 Å². The van der Waals surface area contributed by atoms with E-state index in [4.69, 9.17) is 9.47 Å². The van der Waals surface area contributed by atoms with Crippen LogP contribution in [0.15, 0.2) is 53.0 Å². The maximum atomic E-state index is 13.4. The number of amides is 2. The number of halogens is 1. The van der Waals surface area contributed by atoms with Crippen LogP contribution in [-0.2, 0) is 20.7 Å². The van der Waals surface area contributed by atoms with Gasteiger partial charge in [0, 0.05) is 24.0 Å². The molecule has 1 fully saturated rings. The number of nitrogens with zero attached hydrogens (tertiary/aromatic N) is 1. The molecule has 8 heteroatoms. The summed E-state index contributed by atoms with van der Waals surface area (Å²) in [7, 11) is 0. The molecule has 0 spiro atoms. The molecule has 0 saturated carbocycles. The molecule has 7 nitrogen and oxygen atoms in total. The fraction of sp³-hybridized carbons (Fsp3) is 0.375. The number of hydrogen-bond donors (Lipinski definition) is 1. The van der Waals surface area contributed by atoms with Crippen LogP contribution < -0.4 is 10.1 Å². The van der Waals surface area contributed by atoms with Crippen molar-refractivity contribution >= 4 is 33.7 Å². The third-order valence-corrected chi connectivity index (χ3v) is 5.48. The van der Waals surface area contributed by atoms with Crippen LogP contribution in [0.5, 0.6) is 5.75 Å². The third-order valence-electron chi connectivity index (χ3n) is 4.98. The molecule has 3 rings (SSSR count). The second-order valence-corrected chi connectivity index (χ2v) is 8.69. The summed E-state index contributed by atoms with van der Waals surface area (Å²) in [5, 5.41) is 2.73. The average Bonchev–Trinajstić information content (AvgIpc) is 2.76. The maximum Gasteiger partial charge on any atom is 0.308 e. The van der Waals surface area contributed by atoms with E-state index in [2.05, 4.69) is 21.2 Å². The summed E-state index contributed by atoms with van der Waals surface area (Å²) >= 11 is 3.39. The first-order valence-electron chi connectivity index (χ1n) is 10.6. The van der Waals surface area contributed by atoms with Gasteiger partial charge in [0.1, 0.15) is 11.8 Å². The third kappa shape index (κ3) is 6.32. The minimum absolute atomic E-state index is 0.122. The summed E-state index contributed by atoms with van der Waals surface area (Å²) in [6.45, 7) is 4.57. The van der Waals surface area contributed by atoms with Gasteiger partial charge in [0.05, 0.1) is 24.7 Å². The van der Waals surface area contributed by atoms with E-state index in [1.54, 1.807) is 18.2 Å². The minimum atomic E-state index is -0.939. The fourth-order valence-electron chi connectivity index (χ4n) is 3.49. The van der Waals surface area contributed by atoms with Crippen molar-refractivity contribution in [2.24, 2.45) is 0 Å². The Morgan fingerprint density at radius 3 is 2.66 bits per heavy atom. The molecule has 0 aromatic heterocycles. The van der Waals surface area contributed by atoms with Crippen molar-refractivity contribution < 1.29 is 23.9 Å². The Morgan fingerprint density at radius 2 is 1.94 bits per heavy atom. The number of nitrogens with one attached hydrogen (secondary N) is 1. The van der Waals surface area contributed by atoms with Gasteiger partial charge < -0.3 is 19.7 Å². The summed E-state index contributed by atoms with van der Waals surface area (Å²) < 4.78 is 11.8. The summed E-state index contributed by atoms with van der Waals surface area (Å²) in [5.41, 5.74) is 1.39. The number of carbonyl (C=O) groups is 3. The summed E-state index contributed by atoms with van der Waals surface area (Å²) in [5.74, 6) is -0.818. The van der Waals surface area contributed by atoms with Crippen molar-refractivity contribution in [1.82, 2.24) is 10.2 Å². The maximum absolute atomic E-state index is 13.4. The molecule has 1 aliphatic heterocycles. The monoisotopic (exact) mass is 502 g/mol. The molecule has 2 aromatic carbocycles. The van der Waals surface area contributed by atoms with Crippen molar-refractivity contribution in [3.05, 3.63) is 64.1 Å². The normalized spacial score (nSPS) is 15.9. The quantitative estimate of drug-likeness (QED) is 0.559. The van der Waals surface area contributed by atoms with Gasteiger partial charge in [-0.3, -0.25) is 14.4 Å². The first-order valence-corrected chi connectivity index (χ1v) is 11.4. The first kappa shape index (κ1) is 23.8. The van der Waals surface area contributed by atoms with Crippen LogP contribution in [-0.4, -0.2) is 54.5 Å². The molecule has 1 N–H and O–H groups in total. The van der Waals surface area contributed by atoms with E-state index < -0.39 is 12.0 Å². The Hall–Kier alpha value is -2.87. The van der Waals surface area contributed by atoms with Gasteiger partial charge in [-0.25, -0.2) is 0 Å². The van der Waals surface area contributed by atoms with E-state index in [1.807, 2.05) is 44.2 Å². The van der Waals surface area contributed by atoms with E-state index in [0.717, 1.165) is 10.0 Å². The van der Waals surface area contributed by atoms with Crippen LogP contribution in [0.1, 0.15) is 36.2 Å². The van der Waals surface area contributed by atoms with Crippen LogP contribution in [0.2, 0.25) is 0 Å². The number of benzene rings is 2. The molecule has 2 aromatic rings. The van der Waals surface area contributed by atoms with Gasteiger partial charge in [-0.1, -0.05) is 46.3 Å². The van der Waals surface area contributed by atoms with E-state index in [-0.39, 0.29) is 30.9 Å². The highest BCUT2D eigenvalue weighted by atomic mass is 79.9. The zero-order valence-electron chi connectivity index (χ0n) is 18.2. The molecule has 0 aliphatic carbocycles. The Bertz CT molecular complexity index is 964. The van der Waals surface area contributed by atoms with Crippen molar-refractivity contribution in [3.63, 3.8) is 0 Å². The topological polar surface area (TPSA) is 84.9 Å². The zero-order chi connectivity index (χ0) is 23.1. The predicted octanol–water partition coefficient (Wildman–Crippen LogP) is 3.35. The van der Waals surface area contributed by atoms with Crippen molar-refractivity contribution in [3.8, 4) is 5.75 Å². The molecule has 1 unspecified atom stereocenters. The fourth-order valence-corrected chi connectivity index (χ4v) is 3.85. The lowest BCUT2D eigenvalue weighted by Gasteiger charge is -2.35. The van der Waals surface area contributed by atoms with E-state index in [0.29, 0.717) is 30.8 Å². The van der Waals surface area contributed by atoms with Crippen LogP contribution in [0.25, 0.3) is 0 Å². The first-order chi connectivity index (χ1) is 15.3. The van der Waals surface area contributed by atoms with Gasteiger partial charge in [0.2, 0.25) is 5.91 Å². The molecule has 170 valence electrons. The average molecular weight is 503 g/mol. The van der Waals surface area contributed by atoms with Gasteiger partial charge in [0.25, 0.3) is 5.91 Å². The SMILES string of the molecule is CC(C)Oc1ccc(Br)cc1C(=O)N1CCNC(=O)C1CC(=O)OCCc1ccccc1. The Balaban J connectivity index is 1.70. The lowest BCUT2D eigenvalue weighted by Crippen LogP contribution is -2.57. The molecular formula is C24H27BrN2O5. The second kappa shape index (κ2) is 11.1. The molecule has 1 aliphatic rings. The smallest absolute Gasteiger partial charge is 0.308 e. The Morgan fingerprint density at radius 1 is 1.19 bits per heavy atom. The predicted molar refractivity (Wildman–Crippen MR) is 123 cm³/mol. The largest absolute Gasteiger partial charge is 0.490 e. The highest BCUT2D eigenvalue weighted by Crippen LogP contribution is 2.27. The molecule has 2 amide bonds. The van der Waals surface area contributed by atoms with Gasteiger partial charge in [-0.15, -0.1) is 0 Å². The highest BCUT2D eigenvalue weighted by Gasteiger charge is 2.36. The number of piperazine rings is 1. The minimum Gasteiger partial charge on any atom is -0.490 e. The molecule has 1 atom stereocenters. The number of hydrogen-bond acceptors (Lipinski definition) is 5. The molecule has 0 radical (unpaired) electrons. The molecular weight excluding hydrogens is 476 g/mol. The van der Waals surface area contributed by atoms with Crippen LogP contribution >= 0.6 is 15.9 Å². The molecule has 32 heavy (non-hydrogen) atoms. The number of carbonyl (C=O) groups excluding carboxylic acids is 3. The Kier molecular flexibility index (Phi) is 8.27. The number of ether oxygens (including phenoxy) is 2. The van der Waals surface area contributed by atoms with Crippen LogP contribution in [0.4, 0.5) is 0 Å². The van der Waals surface area contributed by atoms with Gasteiger partial charge >= 0.3 is 5.97 Å². The van der Waals surface area contributed by atoms with Crippen LogP contribution in [0.3, 0.4) is 0 Å². The van der Waals surface area contributed by atoms with Crippen molar-refractivity contribution in [1.29, 1.82) is 0 Å². The zero-order valence-corrected chi connectivity index (χ0v) is 19.8. The summed E-state index contributed by atoms with van der Waals surface area (Å²) in [6, 6.07) is 13.9. The van der Waals surface area contributed by atoms with Gasteiger partial charge in [-0.05, 0) is 37.6 Å². The lowest BCUT2D eigenvalue weighted by molar-refractivity contribution is -0.147. The standard InChI is InChI=1S/C24H27BrN2O5/c1-16(2)32-21-9-8-18(25)14-19(21)24(30)27-12-11-26-23(29)20(27)15-22(28)31-13-10-17-6-4-3-5-7-17/h3-9,14,16,20H,10-13,15H2,1-2H3,(H,26,29). The highest BCUT2D eigenvalue weighted by molar-refractivity contribution is 9.10. The molecule has 1 heterocycles. The van der Waals surface area contributed by atoms with Crippen molar-refractivity contribution in [2.75, 3.05) is 19.7 Å². The summed E-state index contributed by atoms with van der Waals surface area (Å²) in [6.07, 6.45) is 0.253. The Labute approximate surface area is 196 Å². The van der Waals surface area contributed by atoms with Gasteiger partial charge in [0.15, 0.2) is 0 Å². The van der Waals surface area contributed by atoms with E-state index in [9.17, 15) is 14.4 Å². The number of rotatable bonds is 8. The molecule has 0 bridgehead atoms. The van der Waals surface area contributed by atoms with Gasteiger partial charge in [-0.2, -0.15) is 0 Å².